The van der Waals surface area contributed by atoms with Crippen molar-refractivity contribution in [2.45, 2.75) is 127 Å². The van der Waals surface area contributed by atoms with Crippen molar-refractivity contribution in [1.29, 1.82) is 0 Å². The van der Waals surface area contributed by atoms with Gasteiger partial charge in [-0.05, 0) is 286 Å². The molecular formula is C96H85B3Br4F3IO10S5. The van der Waals surface area contributed by atoms with Gasteiger partial charge in [-0.25, -0.2) is 0 Å². The van der Waals surface area contributed by atoms with Crippen molar-refractivity contribution < 1.29 is 58.3 Å². The molecule has 3 aliphatic rings. The monoisotopic (exact) mass is 2090 g/mol. The summed E-state index contributed by atoms with van der Waals surface area (Å²) in [4.78, 5) is 0.865. The van der Waals surface area contributed by atoms with Gasteiger partial charge in [0.15, 0.2) is 0 Å². The molecule has 0 amide bonds. The molecule has 0 aliphatic carbocycles. The van der Waals surface area contributed by atoms with E-state index < -0.39 is 40.4 Å². The number of rotatable bonds is 5. The van der Waals surface area contributed by atoms with Gasteiger partial charge >= 0.3 is 36.8 Å². The highest BCUT2D eigenvalue weighted by atomic mass is 127. The van der Waals surface area contributed by atoms with E-state index in [0.29, 0.717) is 0 Å². The Morgan fingerprint density at radius 3 is 1.11 bits per heavy atom. The molecular weight excluding hydrogens is 2010 g/mol. The number of alkyl halides is 3. The van der Waals surface area contributed by atoms with E-state index in [1.54, 1.807) is 6.26 Å². The Morgan fingerprint density at radius 2 is 0.689 bits per heavy atom. The fourth-order valence-corrected chi connectivity index (χ4v) is 20.1. The molecule has 1 N–H and O–H groups in total. The standard InChI is InChI=1S/C22H21BO2S.C22H13BrS.C17H13BrOS.C16H9BrS.C12H24B2O4.C6H4BrI.CHF3O3S/c1-21(2)22(3,4)25-23(24-21)15-10-12-18-17(13-15)20-16-8-6-5-7-14(16)9-11-19(20)26-18;23-17-9-5-14(6-10-17)16-8-11-20-19(13-16)22-18-4-2-1-3-15(18)7-12-21(22)24-20;1-20(19)17-10-9-13(18)11-16(17)15-8-4-6-12-5-2-3-7-14(12)15;17-11-6-8-14-13(9-11)16-12-4-2-1-3-10(12)5-7-15(16)18-14;1-9(2)10(3,4)16-13(15-9)14-17-11(5,6)12(7,8)18-14;7-5-1-3-6(8)4-2-5;2-1(3,4)8(5,6)7/h5-13H,1-4H3;1-13H;2-11H,1H3;1-9H;1-8H3;1-4H;(H,5,6,7). The first-order chi connectivity index (χ1) is 57.6. The minimum Gasteiger partial charge on any atom is -0.405 e. The molecule has 6 heterocycles. The predicted molar refractivity (Wildman–Crippen MR) is 533 cm³/mol. The SMILES string of the molecule is Brc1ccc(-c2ccc3sc4ccc5ccccc5c4c3c2)cc1.Brc1ccc(I)cc1.Brc1ccc2sc3ccc4ccccc4c3c2c1.CC1(C)OB(B2OC(C)(C)C(C)(C)O2)OC1(C)C.CC1(C)OB(c2ccc3sc4ccc5ccccc5c4c3c2)OC1(C)C.CS(=O)c1ccc(Br)cc1-c1cccc2ccccc12.O=S(=O)(O)C(F)(F)F. The molecule has 3 saturated heterocycles. The van der Waals surface area contributed by atoms with E-state index in [1.165, 1.54) is 118 Å². The summed E-state index contributed by atoms with van der Waals surface area (Å²) < 4.78 is 120. The van der Waals surface area contributed by atoms with Crippen LogP contribution in [0.3, 0.4) is 0 Å². The van der Waals surface area contributed by atoms with Gasteiger partial charge in [0.25, 0.3) is 0 Å². The molecule has 3 aliphatic heterocycles. The highest BCUT2D eigenvalue weighted by molar-refractivity contribution is 14.1. The van der Waals surface area contributed by atoms with Gasteiger partial charge in [-0.2, -0.15) is 21.6 Å². The van der Waals surface area contributed by atoms with E-state index in [0.717, 1.165) is 39.4 Å². The average Bonchev–Trinajstić information content (AvgIpc) is 1.59. The maximum Gasteiger partial charge on any atom is 0.522 e. The number of fused-ring (bicyclic) bond motifs is 16. The second kappa shape index (κ2) is 36.5. The summed E-state index contributed by atoms with van der Waals surface area (Å²) in [5.41, 5.74) is -1.87. The molecule has 17 aromatic rings. The van der Waals surface area contributed by atoms with Gasteiger partial charge in [-0.3, -0.25) is 8.76 Å². The third-order valence-corrected chi connectivity index (χ3v) is 30.7. The Kier molecular flexibility index (Phi) is 27.4. The van der Waals surface area contributed by atoms with E-state index >= 15 is 0 Å². The zero-order valence-corrected chi connectivity index (χ0v) is 81.5. The van der Waals surface area contributed by atoms with Crippen molar-refractivity contribution in [2.24, 2.45) is 0 Å². The molecule has 3 fully saturated rings. The second-order valence-corrected chi connectivity index (χ2v) is 43.6. The van der Waals surface area contributed by atoms with Crippen LogP contribution in [0.5, 0.6) is 0 Å². The Morgan fingerprint density at radius 1 is 0.361 bits per heavy atom. The van der Waals surface area contributed by atoms with Crippen molar-refractivity contribution >= 4 is 271 Å². The van der Waals surface area contributed by atoms with Crippen LogP contribution in [0, 0.1) is 3.57 Å². The van der Waals surface area contributed by atoms with E-state index in [1.807, 2.05) is 138 Å². The van der Waals surface area contributed by atoms with Crippen molar-refractivity contribution in [1.82, 2.24) is 0 Å². The van der Waals surface area contributed by atoms with Gasteiger partial charge in [-0.15, -0.1) is 34.0 Å². The predicted octanol–water partition coefficient (Wildman–Crippen LogP) is 29.8. The summed E-state index contributed by atoms with van der Waals surface area (Å²) in [6.07, 6.45) is 1.72. The first kappa shape index (κ1) is 91.4. The van der Waals surface area contributed by atoms with E-state index in [9.17, 15) is 17.4 Å². The van der Waals surface area contributed by atoms with Crippen molar-refractivity contribution in [3.8, 4) is 22.3 Å². The van der Waals surface area contributed by atoms with E-state index in [4.69, 9.17) is 40.9 Å². The van der Waals surface area contributed by atoms with Crippen LogP contribution < -0.4 is 5.46 Å². The molecule has 14 aromatic carbocycles. The van der Waals surface area contributed by atoms with Crippen molar-refractivity contribution in [2.75, 3.05) is 6.26 Å². The van der Waals surface area contributed by atoms with Gasteiger partial charge in [0.2, 0.25) is 0 Å². The summed E-state index contributed by atoms with van der Waals surface area (Å²) in [6, 6.07) is 96.3. The average molecular weight is 2100 g/mol. The normalized spacial score (nSPS) is 16.3. The molecule has 10 nitrogen and oxygen atoms in total. The molecule has 1 atom stereocenters. The molecule has 0 saturated carbocycles. The van der Waals surface area contributed by atoms with E-state index in [-0.39, 0.29) is 40.7 Å². The maximum atomic E-state index is 12.0. The van der Waals surface area contributed by atoms with Crippen molar-refractivity contribution in [3.63, 3.8) is 0 Å². The highest BCUT2D eigenvalue weighted by Gasteiger charge is 2.64. The van der Waals surface area contributed by atoms with E-state index in [2.05, 4.69) is 338 Å². The fourth-order valence-electron chi connectivity index (χ4n) is 14.4. The van der Waals surface area contributed by atoms with Gasteiger partial charge < -0.3 is 27.9 Å². The second-order valence-electron chi connectivity index (χ2n) is 32.7. The van der Waals surface area contributed by atoms with Crippen LogP contribution >= 0.6 is 120 Å². The van der Waals surface area contributed by atoms with Crippen LogP contribution in [0.4, 0.5) is 13.2 Å². The quantitative estimate of drug-likeness (QED) is 0.0770. The first-order valence-corrected chi connectivity index (χ1v) is 48.8. The fraction of sp³-hybridized carbons (Fsp3) is 0.208. The van der Waals surface area contributed by atoms with Gasteiger partial charge in [-0.1, -0.05) is 228 Å². The number of benzene rings is 14. The Bertz CT molecular complexity index is 6820. The highest BCUT2D eigenvalue weighted by Crippen LogP contribution is 2.47. The number of halogens is 8. The van der Waals surface area contributed by atoms with Crippen LogP contribution in [-0.2, 0) is 48.8 Å². The zero-order chi connectivity index (χ0) is 87.4. The summed E-state index contributed by atoms with van der Waals surface area (Å²) in [5.74, 6) is 0. The Hall–Kier alpha value is -6.77. The Labute approximate surface area is 771 Å². The topological polar surface area (TPSA) is 127 Å². The molecule has 122 heavy (non-hydrogen) atoms. The van der Waals surface area contributed by atoms with Crippen LogP contribution in [-0.4, -0.2) is 83.7 Å². The van der Waals surface area contributed by atoms with Crippen LogP contribution in [0.25, 0.3) is 126 Å². The molecule has 1 unspecified atom stereocenters. The summed E-state index contributed by atoms with van der Waals surface area (Å²) >= 11 is 21.8. The van der Waals surface area contributed by atoms with Gasteiger partial charge in [0, 0.05) is 93.1 Å². The zero-order valence-electron chi connectivity index (χ0n) is 68.9. The summed E-state index contributed by atoms with van der Waals surface area (Å²) in [6.45, 7) is 24.6. The first-order valence-electron chi connectivity index (χ1n) is 39.1. The van der Waals surface area contributed by atoms with Crippen LogP contribution in [0.1, 0.15) is 83.1 Å². The smallest absolute Gasteiger partial charge is 0.405 e. The molecule has 624 valence electrons. The number of hydrogen-bond acceptors (Lipinski definition) is 12. The lowest BCUT2D eigenvalue weighted by Gasteiger charge is -2.32. The summed E-state index contributed by atoms with van der Waals surface area (Å²) in [5, 5.41) is 18.3. The van der Waals surface area contributed by atoms with Crippen LogP contribution in [0.2, 0.25) is 0 Å². The molecule has 3 aromatic heterocycles. The maximum absolute atomic E-state index is 12.0. The lowest BCUT2D eigenvalue weighted by molar-refractivity contribution is -0.0510. The third-order valence-electron chi connectivity index (χ3n) is 23.0. The minimum atomic E-state index is -5.84. The minimum absolute atomic E-state index is 0.323. The third kappa shape index (κ3) is 19.8. The van der Waals surface area contributed by atoms with Gasteiger partial charge in [0.1, 0.15) is 0 Å². The molecule has 0 spiro atoms. The van der Waals surface area contributed by atoms with Crippen molar-refractivity contribution in [3.05, 3.63) is 294 Å². The number of hydrogen-bond donors (Lipinski definition) is 1. The lowest BCUT2D eigenvalue weighted by Crippen LogP contribution is -2.41. The Balaban J connectivity index is 0.000000120. The lowest BCUT2D eigenvalue weighted by atomic mass is 9.49. The molecule has 20 rings (SSSR count). The summed E-state index contributed by atoms with van der Waals surface area (Å²) in [7, 11) is -8.13. The van der Waals surface area contributed by atoms with Crippen LogP contribution in [0.15, 0.2) is 296 Å². The largest absolute Gasteiger partial charge is 0.522 e. The van der Waals surface area contributed by atoms with Gasteiger partial charge in [0.05, 0.1) is 44.4 Å². The molecule has 0 radical (unpaired) electrons. The molecule has 0 bridgehead atoms. The number of thiophene rings is 3. The molecule has 26 heteroatoms.